The Hall–Kier alpha value is -0.520. The van der Waals surface area contributed by atoms with Crippen molar-refractivity contribution in [3.8, 4) is 10.6 Å². The van der Waals surface area contributed by atoms with E-state index in [9.17, 15) is 0 Å². The average Bonchev–Trinajstić information content (AvgIpc) is 2.62. The van der Waals surface area contributed by atoms with Gasteiger partial charge in [0.25, 0.3) is 0 Å². The minimum atomic E-state index is 0.347. The topological polar surface area (TPSA) is 52.0 Å². The number of aromatic nitrogens is 1. The molecule has 0 bridgehead atoms. The number of rotatable bonds is 1. The van der Waals surface area contributed by atoms with Crippen LogP contribution in [0, 0.1) is 0 Å². The van der Waals surface area contributed by atoms with Gasteiger partial charge in [-0.3, -0.25) is 0 Å². The molecule has 6 heteroatoms. The van der Waals surface area contributed by atoms with Crippen molar-refractivity contribution in [2.75, 3.05) is 5.73 Å². The van der Waals surface area contributed by atoms with Crippen molar-refractivity contribution < 1.29 is 4.52 Å². The van der Waals surface area contributed by atoms with Gasteiger partial charge in [-0.2, -0.15) is 0 Å². The summed E-state index contributed by atoms with van der Waals surface area (Å²) in [6.45, 7) is 0. The molecule has 3 nitrogen and oxygen atoms in total. The second-order valence-electron chi connectivity index (χ2n) is 2.31. The van der Waals surface area contributed by atoms with E-state index < -0.39 is 0 Å². The molecular formula is C7H4BrClN2OS. The highest BCUT2D eigenvalue weighted by Gasteiger charge is 2.14. The summed E-state index contributed by atoms with van der Waals surface area (Å²) < 4.78 is 6.40. The molecule has 0 unspecified atom stereocenters. The lowest BCUT2D eigenvalue weighted by molar-refractivity contribution is 0.436. The van der Waals surface area contributed by atoms with Crippen molar-refractivity contribution in [1.29, 1.82) is 0 Å². The fraction of sp³-hybridized carbons (Fsp3) is 0. The minimum absolute atomic E-state index is 0.347. The quantitative estimate of drug-likeness (QED) is 0.870. The maximum atomic E-state index is 5.78. The van der Waals surface area contributed by atoms with E-state index in [2.05, 4.69) is 21.1 Å². The molecule has 2 aromatic heterocycles. The van der Waals surface area contributed by atoms with Crippen molar-refractivity contribution in [3.05, 3.63) is 20.9 Å². The van der Waals surface area contributed by atoms with Gasteiger partial charge in [0.2, 0.25) is 0 Å². The first-order valence-corrected chi connectivity index (χ1v) is 5.33. The molecule has 0 aliphatic rings. The Bertz CT molecular complexity index is 439. The zero-order valence-corrected chi connectivity index (χ0v) is 9.41. The Labute approximate surface area is 91.6 Å². The Morgan fingerprint density at radius 3 is 2.77 bits per heavy atom. The zero-order valence-electron chi connectivity index (χ0n) is 6.25. The summed E-state index contributed by atoms with van der Waals surface area (Å²) in [4.78, 5) is 0.904. The third-order valence-corrected chi connectivity index (χ3v) is 3.45. The van der Waals surface area contributed by atoms with Crippen molar-refractivity contribution >= 4 is 44.7 Å². The maximum Gasteiger partial charge on any atom is 0.193 e. The number of thiophene rings is 1. The van der Waals surface area contributed by atoms with Crippen LogP contribution in [0.15, 0.2) is 21.1 Å². The number of nitrogens with two attached hydrogens (primary N) is 1. The highest BCUT2D eigenvalue weighted by atomic mass is 79.9. The van der Waals surface area contributed by atoms with Crippen LogP contribution in [0.1, 0.15) is 0 Å². The lowest BCUT2D eigenvalue weighted by Gasteiger charge is -1.88. The minimum Gasteiger partial charge on any atom is -0.380 e. The second-order valence-corrected chi connectivity index (χ2v) is 4.82. The van der Waals surface area contributed by atoms with E-state index in [-0.39, 0.29) is 0 Å². The number of hydrogen-bond donors (Lipinski definition) is 1. The van der Waals surface area contributed by atoms with Gasteiger partial charge in [-0.15, -0.1) is 11.3 Å². The summed E-state index contributed by atoms with van der Waals surface area (Å²) in [6, 6.07) is 3.66. The third-order valence-electron chi connectivity index (χ3n) is 1.46. The molecule has 0 radical (unpaired) electrons. The van der Waals surface area contributed by atoms with Crippen LogP contribution in [-0.2, 0) is 0 Å². The Balaban J connectivity index is 2.52. The molecule has 2 rings (SSSR count). The highest BCUT2D eigenvalue weighted by molar-refractivity contribution is 9.10. The molecule has 0 aliphatic carbocycles. The van der Waals surface area contributed by atoms with Gasteiger partial charge in [-0.1, -0.05) is 16.8 Å². The monoisotopic (exact) mass is 278 g/mol. The van der Waals surface area contributed by atoms with Gasteiger partial charge in [0, 0.05) is 0 Å². The summed E-state index contributed by atoms with van der Waals surface area (Å²) in [5.74, 6) is 0.967. The number of hydrogen-bond acceptors (Lipinski definition) is 4. The molecule has 13 heavy (non-hydrogen) atoms. The molecule has 0 atom stereocenters. The standard InChI is InChI=1S/C7H4BrClN2OS/c8-5-6(12-11-7(5)10)3-1-2-4(9)13-3/h1-2H,(H2,10,11). The normalized spacial score (nSPS) is 10.6. The second kappa shape index (κ2) is 3.32. The Kier molecular flexibility index (Phi) is 2.31. The van der Waals surface area contributed by atoms with Crippen LogP contribution in [0.5, 0.6) is 0 Å². The third kappa shape index (κ3) is 1.59. The first-order valence-electron chi connectivity index (χ1n) is 3.35. The van der Waals surface area contributed by atoms with Crippen LogP contribution >= 0.6 is 38.9 Å². The Morgan fingerprint density at radius 1 is 1.54 bits per heavy atom. The molecule has 0 saturated heterocycles. The summed E-state index contributed by atoms with van der Waals surface area (Å²) in [6.07, 6.45) is 0. The van der Waals surface area contributed by atoms with Crippen molar-refractivity contribution in [2.45, 2.75) is 0 Å². The van der Waals surface area contributed by atoms with E-state index in [1.165, 1.54) is 11.3 Å². The van der Waals surface area contributed by atoms with Crippen LogP contribution < -0.4 is 5.73 Å². The fourth-order valence-electron chi connectivity index (χ4n) is 0.881. The van der Waals surface area contributed by atoms with Crippen LogP contribution in [0.3, 0.4) is 0 Å². The van der Waals surface area contributed by atoms with Crippen LogP contribution in [0.4, 0.5) is 5.82 Å². The number of anilines is 1. The smallest absolute Gasteiger partial charge is 0.193 e. The molecule has 68 valence electrons. The van der Waals surface area contributed by atoms with E-state index >= 15 is 0 Å². The maximum absolute atomic E-state index is 5.78. The summed E-state index contributed by atoms with van der Waals surface area (Å²) >= 11 is 10.5. The van der Waals surface area contributed by atoms with E-state index in [4.69, 9.17) is 21.9 Å². The SMILES string of the molecule is Nc1noc(-c2ccc(Cl)s2)c1Br. The Morgan fingerprint density at radius 2 is 2.31 bits per heavy atom. The molecule has 0 aliphatic heterocycles. The van der Waals surface area contributed by atoms with Gasteiger partial charge in [-0.05, 0) is 28.1 Å². The molecular weight excluding hydrogens is 276 g/mol. The number of nitrogen functional groups attached to an aromatic ring is 1. The zero-order chi connectivity index (χ0) is 9.42. The fourth-order valence-corrected chi connectivity index (χ4v) is 2.40. The first-order chi connectivity index (χ1) is 6.18. The first kappa shape index (κ1) is 9.05. The van der Waals surface area contributed by atoms with Crippen molar-refractivity contribution in [3.63, 3.8) is 0 Å². The van der Waals surface area contributed by atoms with Crippen molar-refractivity contribution in [1.82, 2.24) is 5.16 Å². The lowest BCUT2D eigenvalue weighted by atomic mass is 10.4. The van der Waals surface area contributed by atoms with Crippen LogP contribution in [0.25, 0.3) is 10.6 Å². The highest BCUT2D eigenvalue weighted by Crippen LogP contribution is 2.37. The van der Waals surface area contributed by atoms with Crippen LogP contribution in [-0.4, -0.2) is 5.16 Å². The summed E-state index contributed by atoms with van der Waals surface area (Å²) in [7, 11) is 0. The lowest BCUT2D eigenvalue weighted by Crippen LogP contribution is -1.82. The molecule has 0 spiro atoms. The molecule has 2 heterocycles. The van der Waals surface area contributed by atoms with Crippen LogP contribution in [0.2, 0.25) is 4.34 Å². The van der Waals surface area contributed by atoms with E-state index in [0.717, 1.165) is 4.88 Å². The molecule has 2 N–H and O–H groups in total. The summed E-state index contributed by atoms with van der Waals surface area (Å²) in [5, 5.41) is 3.62. The van der Waals surface area contributed by atoms with Crippen molar-refractivity contribution in [2.24, 2.45) is 0 Å². The van der Waals surface area contributed by atoms with E-state index in [0.29, 0.717) is 20.4 Å². The molecule has 0 fully saturated rings. The van der Waals surface area contributed by atoms with Gasteiger partial charge < -0.3 is 10.3 Å². The average molecular weight is 280 g/mol. The molecule has 0 aromatic carbocycles. The van der Waals surface area contributed by atoms with Gasteiger partial charge in [0.05, 0.1) is 9.21 Å². The van der Waals surface area contributed by atoms with Gasteiger partial charge >= 0.3 is 0 Å². The molecule has 0 saturated carbocycles. The van der Waals surface area contributed by atoms with Gasteiger partial charge in [0.1, 0.15) is 4.47 Å². The van der Waals surface area contributed by atoms with E-state index in [1.54, 1.807) is 6.07 Å². The predicted molar refractivity (Wildman–Crippen MR) is 56.9 cm³/mol. The van der Waals surface area contributed by atoms with E-state index in [1.807, 2.05) is 6.07 Å². The number of halogens is 2. The summed E-state index contributed by atoms with van der Waals surface area (Å²) in [5.41, 5.74) is 5.50. The molecule has 2 aromatic rings. The predicted octanol–water partition coefficient (Wildman–Crippen LogP) is 3.40. The number of nitrogens with zero attached hydrogens (tertiary/aromatic N) is 1. The van der Waals surface area contributed by atoms with Gasteiger partial charge in [-0.25, -0.2) is 0 Å². The van der Waals surface area contributed by atoms with Gasteiger partial charge in [0.15, 0.2) is 11.6 Å². The molecule has 0 amide bonds. The largest absolute Gasteiger partial charge is 0.380 e.